The number of methoxy groups -OCH3 is 1. The molecule has 3 atom stereocenters. The predicted octanol–water partition coefficient (Wildman–Crippen LogP) is 4.03. The van der Waals surface area contributed by atoms with Crippen LogP contribution in [0.25, 0.3) is 11.1 Å². The molecule has 1 unspecified atom stereocenters. The smallest absolute Gasteiger partial charge is 0.231 e. The average Bonchev–Trinajstić information content (AvgIpc) is 3.43. The maximum atomic E-state index is 6.52. The number of hydrogen-bond acceptors (Lipinski definition) is 7. The van der Waals surface area contributed by atoms with Crippen LogP contribution in [0.5, 0.6) is 11.5 Å². The fourth-order valence-electron chi connectivity index (χ4n) is 6.63. The monoisotopic (exact) mass is 443 g/mol. The van der Waals surface area contributed by atoms with Gasteiger partial charge in [-0.25, -0.2) is 9.97 Å². The first-order chi connectivity index (χ1) is 16.1. The standard InChI is InChI=1S/C26H25N3O4/c1-12-7-16-20-17(23(12)30-4)13(2)33-24(20)22-19-15(5-6-29(22)3)18(14-8-27-10-28-9-14)25-26(21(16)19)32-11-31-25/h8-10,16,22,24H,2,5-7,11H2,1,3-4H3/t16?,22-,24+/m1/s1. The summed E-state index contributed by atoms with van der Waals surface area (Å²) >= 11 is 0. The molecule has 2 aliphatic carbocycles. The molecule has 0 bridgehead atoms. The van der Waals surface area contributed by atoms with Gasteiger partial charge in [0.2, 0.25) is 6.79 Å². The second-order valence-electron chi connectivity index (χ2n) is 9.41. The van der Waals surface area contributed by atoms with Crippen LogP contribution in [0.15, 0.2) is 53.5 Å². The number of fused-ring (bicyclic) bond motifs is 4. The molecule has 2 aromatic rings. The normalized spacial score (nSPS) is 26.9. The summed E-state index contributed by atoms with van der Waals surface area (Å²) in [6.45, 7) is 7.56. The van der Waals surface area contributed by atoms with Gasteiger partial charge in [-0.05, 0) is 49.1 Å². The van der Waals surface area contributed by atoms with E-state index in [0.29, 0.717) is 5.76 Å². The molecule has 0 radical (unpaired) electrons. The van der Waals surface area contributed by atoms with Crippen molar-refractivity contribution in [2.45, 2.75) is 37.8 Å². The van der Waals surface area contributed by atoms with Gasteiger partial charge in [-0.3, -0.25) is 4.90 Å². The molecule has 33 heavy (non-hydrogen) atoms. The molecule has 4 heterocycles. The zero-order valence-electron chi connectivity index (χ0n) is 19.0. The Morgan fingerprint density at radius 3 is 2.73 bits per heavy atom. The summed E-state index contributed by atoms with van der Waals surface area (Å²) < 4.78 is 24.7. The van der Waals surface area contributed by atoms with E-state index in [1.807, 2.05) is 12.4 Å². The molecular formula is C26H25N3O4. The van der Waals surface area contributed by atoms with Gasteiger partial charge in [0.1, 0.15) is 23.9 Å². The van der Waals surface area contributed by atoms with Gasteiger partial charge >= 0.3 is 0 Å². The second-order valence-corrected chi connectivity index (χ2v) is 9.41. The number of allylic oxidation sites excluding steroid dienone is 1. The third-order valence-corrected chi connectivity index (χ3v) is 7.82. The first kappa shape index (κ1) is 19.2. The molecule has 5 aliphatic rings. The van der Waals surface area contributed by atoms with Crippen LogP contribution in [0.3, 0.4) is 0 Å². The van der Waals surface area contributed by atoms with Crippen molar-refractivity contribution in [2.75, 3.05) is 27.5 Å². The van der Waals surface area contributed by atoms with Crippen molar-refractivity contribution in [1.82, 2.24) is 14.9 Å². The molecule has 1 aromatic heterocycles. The van der Waals surface area contributed by atoms with Crippen LogP contribution in [0.1, 0.15) is 42.0 Å². The Balaban J connectivity index is 1.58. The zero-order chi connectivity index (χ0) is 22.4. The van der Waals surface area contributed by atoms with Gasteiger partial charge in [0, 0.05) is 41.5 Å². The Morgan fingerprint density at radius 2 is 1.94 bits per heavy atom. The minimum atomic E-state index is -0.0902. The van der Waals surface area contributed by atoms with Gasteiger partial charge < -0.3 is 18.9 Å². The van der Waals surface area contributed by atoms with Gasteiger partial charge in [0.25, 0.3) is 0 Å². The number of benzene rings is 1. The van der Waals surface area contributed by atoms with Crippen molar-refractivity contribution in [3.8, 4) is 22.6 Å². The highest BCUT2D eigenvalue weighted by molar-refractivity contribution is 5.83. The number of rotatable bonds is 2. The SMILES string of the molecule is C=C1O[C@H]2C3=C1C(OC)=C(C)CC3c1c3c(c(-c4cncnc4)c4c1[C@H]2N(C)CC4)OCO3. The third-order valence-electron chi connectivity index (χ3n) is 7.82. The van der Waals surface area contributed by atoms with Crippen LogP contribution in [0, 0.1) is 0 Å². The number of likely N-dealkylation sites (N-methyl/N-ethyl adjacent to an activating group) is 1. The van der Waals surface area contributed by atoms with E-state index in [-0.39, 0.29) is 24.9 Å². The fraction of sp³-hybridized carbons (Fsp3) is 0.385. The van der Waals surface area contributed by atoms with Crippen molar-refractivity contribution >= 4 is 0 Å². The summed E-state index contributed by atoms with van der Waals surface area (Å²) in [6, 6.07) is 0.0682. The molecule has 7 heteroatoms. The van der Waals surface area contributed by atoms with Gasteiger partial charge in [-0.15, -0.1) is 0 Å². The van der Waals surface area contributed by atoms with Crippen molar-refractivity contribution in [2.24, 2.45) is 0 Å². The van der Waals surface area contributed by atoms with Crippen molar-refractivity contribution in [1.29, 1.82) is 0 Å². The molecule has 0 N–H and O–H groups in total. The van der Waals surface area contributed by atoms with Crippen LogP contribution in [0.4, 0.5) is 0 Å². The number of nitrogens with zero attached hydrogens (tertiary/aromatic N) is 3. The Labute approximate surface area is 192 Å². The minimum absolute atomic E-state index is 0.0682. The lowest BCUT2D eigenvalue weighted by Gasteiger charge is -2.47. The maximum Gasteiger partial charge on any atom is 0.231 e. The van der Waals surface area contributed by atoms with Crippen molar-refractivity contribution in [3.63, 3.8) is 0 Å². The lowest BCUT2D eigenvalue weighted by molar-refractivity contribution is 0.0584. The van der Waals surface area contributed by atoms with Crippen LogP contribution in [-0.2, 0) is 15.9 Å². The highest BCUT2D eigenvalue weighted by Crippen LogP contribution is 2.63. The third kappa shape index (κ3) is 2.33. The summed E-state index contributed by atoms with van der Waals surface area (Å²) in [5.41, 5.74) is 9.39. The number of hydrogen-bond donors (Lipinski definition) is 0. The average molecular weight is 444 g/mol. The Kier molecular flexibility index (Phi) is 3.84. The molecule has 0 fully saturated rings. The summed E-state index contributed by atoms with van der Waals surface area (Å²) in [4.78, 5) is 11.0. The van der Waals surface area contributed by atoms with E-state index in [4.69, 9.17) is 18.9 Å². The summed E-state index contributed by atoms with van der Waals surface area (Å²) in [6.07, 6.45) is 6.97. The number of aromatic nitrogens is 2. The maximum absolute atomic E-state index is 6.52. The van der Waals surface area contributed by atoms with Crippen molar-refractivity contribution < 1.29 is 18.9 Å². The summed E-state index contributed by atoms with van der Waals surface area (Å²) in [5, 5.41) is 0. The zero-order valence-corrected chi connectivity index (χ0v) is 19.0. The second kappa shape index (κ2) is 6.60. The van der Waals surface area contributed by atoms with E-state index >= 15 is 0 Å². The molecule has 0 spiro atoms. The van der Waals surface area contributed by atoms with Gasteiger partial charge in [-0.1, -0.05) is 6.58 Å². The van der Waals surface area contributed by atoms with Gasteiger partial charge in [0.15, 0.2) is 11.5 Å². The van der Waals surface area contributed by atoms with Crippen LogP contribution in [-0.4, -0.2) is 48.5 Å². The Bertz CT molecular complexity index is 1300. The molecule has 7 rings (SSSR count). The van der Waals surface area contributed by atoms with Crippen LogP contribution >= 0.6 is 0 Å². The van der Waals surface area contributed by atoms with E-state index in [1.54, 1.807) is 13.4 Å². The fourth-order valence-corrected chi connectivity index (χ4v) is 6.63. The highest BCUT2D eigenvalue weighted by atomic mass is 16.7. The quantitative estimate of drug-likeness (QED) is 0.694. The van der Waals surface area contributed by atoms with Gasteiger partial charge in [-0.2, -0.15) is 0 Å². The van der Waals surface area contributed by atoms with Crippen LogP contribution < -0.4 is 9.47 Å². The summed E-state index contributed by atoms with van der Waals surface area (Å²) in [7, 11) is 3.91. The number of ether oxygens (including phenoxy) is 4. The predicted molar refractivity (Wildman–Crippen MR) is 121 cm³/mol. The minimum Gasteiger partial charge on any atom is -0.496 e. The molecule has 0 saturated heterocycles. The molecule has 7 nitrogen and oxygen atoms in total. The van der Waals surface area contributed by atoms with E-state index < -0.39 is 0 Å². The first-order valence-corrected chi connectivity index (χ1v) is 11.4. The molecule has 1 aromatic carbocycles. The van der Waals surface area contributed by atoms with E-state index in [9.17, 15) is 0 Å². The molecule has 0 amide bonds. The largest absolute Gasteiger partial charge is 0.496 e. The highest BCUT2D eigenvalue weighted by Gasteiger charge is 2.54. The van der Waals surface area contributed by atoms with E-state index in [2.05, 4.69) is 35.4 Å². The molecule has 3 aliphatic heterocycles. The summed E-state index contributed by atoms with van der Waals surface area (Å²) in [5.74, 6) is 3.43. The van der Waals surface area contributed by atoms with Gasteiger partial charge in [0.05, 0.1) is 18.7 Å². The Hall–Kier alpha value is -3.32. The van der Waals surface area contributed by atoms with E-state index in [0.717, 1.165) is 53.3 Å². The molecular weight excluding hydrogens is 418 g/mol. The Morgan fingerprint density at radius 1 is 1.15 bits per heavy atom. The van der Waals surface area contributed by atoms with Crippen molar-refractivity contribution in [3.05, 3.63) is 70.2 Å². The molecule has 0 saturated carbocycles. The topological polar surface area (TPSA) is 65.9 Å². The van der Waals surface area contributed by atoms with E-state index in [1.165, 1.54) is 27.8 Å². The lowest BCUT2D eigenvalue weighted by Crippen LogP contribution is -2.44. The lowest BCUT2D eigenvalue weighted by atomic mass is 9.65. The molecule has 168 valence electrons. The van der Waals surface area contributed by atoms with Crippen LogP contribution in [0.2, 0.25) is 0 Å². The first-order valence-electron chi connectivity index (χ1n) is 11.4.